The van der Waals surface area contributed by atoms with Crippen molar-refractivity contribution < 1.29 is 24.5 Å². The van der Waals surface area contributed by atoms with Gasteiger partial charge in [-0.2, -0.15) is 0 Å². The summed E-state index contributed by atoms with van der Waals surface area (Å²) in [6.45, 7) is 6.46. The number of hydrogen-bond acceptors (Lipinski definition) is 5. The molecule has 0 spiro atoms. The van der Waals surface area contributed by atoms with Crippen molar-refractivity contribution in [3.05, 3.63) is 48.6 Å². The number of carbonyl (C=O) groups excluding carboxylic acids is 2. The Bertz CT molecular complexity index is 1110. The molecule has 6 nitrogen and oxygen atoms in total. The summed E-state index contributed by atoms with van der Waals surface area (Å²) in [4.78, 5) is 26.2. The maximum Gasteiger partial charge on any atom is 0.306 e. The molecule has 0 aliphatic carbocycles. The zero-order chi connectivity index (χ0) is 47.4. The molecule has 0 aliphatic rings. The van der Waals surface area contributed by atoms with Gasteiger partial charge < -0.3 is 20.3 Å². The van der Waals surface area contributed by atoms with Gasteiger partial charge in [0.2, 0.25) is 5.91 Å². The van der Waals surface area contributed by atoms with Crippen LogP contribution in [0, 0.1) is 0 Å². The lowest BCUT2D eigenvalue weighted by molar-refractivity contribution is -0.151. The van der Waals surface area contributed by atoms with E-state index in [-0.39, 0.29) is 24.9 Å². The number of allylic oxidation sites excluding steroid dienone is 8. The first-order valence-corrected chi connectivity index (χ1v) is 28.4. The van der Waals surface area contributed by atoms with Crippen LogP contribution < -0.4 is 5.32 Å². The van der Waals surface area contributed by atoms with Gasteiger partial charge in [0.1, 0.15) is 6.10 Å². The van der Waals surface area contributed by atoms with E-state index in [4.69, 9.17) is 4.74 Å². The number of hydrogen-bond donors (Lipinski definition) is 3. The summed E-state index contributed by atoms with van der Waals surface area (Å²) in [7, 11) is 0. The highest BCUT2D eigenvalue weighted by atomic mass is 16.5. The van der Waals surface area contributed by atoms with E-state index in [0.717, 1.165) is 64.2 Å². The van der Waals surface area contributed by atoms with Crippen LogP contribution >= 0.6 is 0 Å². The molecule has 0 rings (SSSR count). The Labute approximate surface area is 404 Å². The molecule has 65 heavy (non-hydrogen) atoms. The van der Waals surface area contributed by atoms with E-state index in [2.05, 4.69) is 74.7 Å². The fourth-order valence-corrected chi connectivity index (χ4v) is 8.58. The minimum Gasteiger partial charge on any atom is -0.462 e. The Kier molecular flexibility index (Phi) is 51.0. The number of unbranched alkanes of at least 4 members (excludes halogenated alkanes) is 32. The molecule has 1 amide bonds. The normalized spacial score (nSPS) is 13.5. The Balaban J connectivity index is 4.58. The van der Waals surface area contributed by atoms with Gasteiger partial charge in [0.25, 0.3) is 0 Å². The highest BCUT2D eigenvalue weighted by molar-refractivity contribution is 5.77. The number of esters is 1. The third-order valence-electron chi connectivity index (χ3n) is 12.9. The predicted molar refractivity (Wildman–Crippen MR) is 282 cm³/mol. The molecule has 3 unspecified atom stereocenters. The molecule has 0 aromatic carbocycles. The van der Waals surface area contributed by atoms with E-state index < -0.39 is 18.2 Å². The van der Waals surface area contributed by atoms with Gasteiger partial charge in [-0.1, -0.05) is 249 Å². The number of amides is 1. The van der Waals surface area contributed by atoms with Gasteiger partial charge in [-0.05, 0) is 77.0 Å². The minimum atomic E-state index is -0.800. The van der Waals surface area contributed by atoms with Crippen molar-refractivity contribution in [3.63, 3.8) is 0 Å². The van der Waals surface area contributed by atoms with Crippen molar-refractivity contribution in [2.45, 2.75) is 309 Å². The van der Waals surface area contributed by atoms with E-state index in [1.165, 1.54) is 180 Å². The fourth-order valence-electron chi connectivity index (χ4n) is 8.58. The molecular weight excluding hydrogens is 803 g/mol. The van der Waals surface area contributed by atoms with Gasteiger partial charge in [0.15, 0.2) is 0 Å². The van der Waals surface area contributed by atoms with Crippen LogP contribution in [0.2, 0.25) is 0 Å². The molecule has 0 aliphatic heterocycles. The minimum absolute atomic E-state index is 0.0442. The largest absolute Gasteiger partial charge is 0.462 e. The highest BCUT2D eigenvalue weighted by Gasteiger charge is 2.24. The van der Waals surface area contributed by atoms with Crippen LogP contribution in [-0.4, -0.2) is 46.9 Å². The van der Waals surface area contributed by atoms with Crippen molar-refractivity contribution in [2.24, 2.45) is 0 Å². The molecular formula is C59H109NO5. The zero-order valence-electron chi connectivity index (χ0n) is 43.4. The highest BCUT2D eigenvalue weighted by Crippen LogP contribution is 2.17. The maximum atomic E-state index is 13.2. The molecule has 0 aromatic rings. The first kappa shape index (κ1) is 62.8. The first-order valence-electron chi connectivity index (χ1n) is 28.4. The second kappa shape index (κ2) is 52.8. The van der Waals surface area contributed by atoms with E-state index in [0.29, 0.717) is 19.3 Å². The Morgan fingerprint density at radius 2 is 0.846 bits per heavy atom. The third kappa shape index (κ3) is 48.1. The fraction of sp³-hybridized carbons (Fsp3) is 0.831. The lowest BCUT2D eigenvalue weighted by atomic mass is 10.0. The van der Waals surface area contributed by atoms with Crippen LogP contribution in [0.5, 0.6) is 0 Å². The molecule has 3 N–H and O–H groups in total. The Morgan fingerprint density at radius 3 is 1.32 bits per heavy atom. The van der Waals surface area contributed by atoms with Crippen molar-refractivity contribution >= 4 is 11.9 Å². The van der Waals surface area contributed by atoms with Gasteiger partial charge in [-0.25, -0.2) is 0 Å². The number of nitrogens with one attached hydrogen (secondary N) is 1. The zero-order valence-corrected chi connectivity index (χ0v) is 43.4. The molecule has 3 atom stereocenters. The number of rotatable bonds is 51. The number of carbonyl (C=O) groups is 2. The summed E-state index contributed by atoms with van der Waals surface area (Å²) in [5, 5.41) is 23.8. The average molecular weight is 913 g/mol. The van der Waals surface area contributed by atoms with E-state index in [9.17, 15) is 19.8 Å². The van der Waals surface area contributed by atoms with Gasteiger partial charge in [0.05, 0.1) is 25.2 Å². The number of ether oxygens (including phenoxy) is 1. The molecule has 0 saturated heterocycles. The predicted octanol–water partition coefficient (Wildman–Crippen LogP) is 17.4. The summed E-state index contributed by atoms with van der Waals surface area (Å²) < 4.78 is 5.93. The van der Waals surface area contributed by atoms with E-state index in [1.54, 1.807) is 0 Å². The standard InChI is InChI=1S/C59H109NO5/c1-4-7-10-13-16-19-22-25-27-28-29-30-31-34-37-40-43-46-49-52-59(64)65-55(50-47-44-41-38-35-33-26-23-20-17-14-11-8-5-2)53-58(63)60-56(54-61)57(62)51-48-45-42-39-36-32-24-21-18-15-12-9-6-3/h16,19,25,27,33,35,38,41,55-57,61-62H,4-15,17-18,20-24,26,28-32,34,36-37,39-40,42-54H2,1-3H3,(H,60,63)/b19-16-,27-25-,35-33+,41-38+. The summed E-state index contributed by atoms with van der Waals surface area (Å²) in [5.74, 6) is -0.516. The maximum absolute atomic E-state index is 13.2. The topological polar surface area (TPSA) is 95.9 Å². The summed E-state index contributed by atoms with van der Waals surface area (Å²) in [5.41, 5.74) is 0. The monoisotopic (exact) mass is 912 g/mol. The molecule has 0 saturated carbocycles. The molecule has 0 bridgehead atoms. The van der Waals surface area contributed by atoms with Crippen LogP contribution in [-0.2, 0) is 14.3 Å². The summed E-state index contributed by atoms with van der Waals surface area (Å²) in [6, 6.07) is -0.716. The molecule has 6 heteroatoms. The second-order valence-electron chi connectivity index (χ2n) is 19.4. The van der Waals surface area contributed by atoms with Crippen molar-refractivity contribution in [1.29, 1.82) is 0 Å². The van der Waals surface area contributed by atoms with Crippen LogP contribution in [0.15, 0.2) is 48.6 Å². The summed E-state index contributed by atoms with van der Waals surface area (Å²) in [6.07, 6.45) is 64.6. The molecule has 0 fully saturated rings. The number of aliphatic hydroxyl groups is 2. The molecule has 0 radical (unpaired) electrons. The molecule has 0 aromatic heterocycles. The number of aliphatic hydroxyl groups excluding tert-OH is 2. The SMILES string of the molecule is CCCCC/C=C\C/C=C\CCCCCCCCCCCC(=O)OC(CCC/C=C/C=C/CCCCCCCCC)CC(=O)NC(CO)C(O)CCCCCCCCCCCCCCC. The Hall–Kier alpha value is -2.18. The Morgan fingerprint density at radius 1 is 0.462 bits per heavy atom. The first-order chi connectivity index (χ1) is 32.0. The van der Waals surface area contributed by atoms with Gasteiger partial charge in [-0.15, -0.1) is 0 Å². The summed E-state index contributed by atoms with van der Waals surface area (Å²) >= 11 is 0. The molecule has 380 valence electrons. The molecule has 0 heterocycles. The smallest absolute Gasteiger partial charge is 0.306 e. The van der Waals surface area contributed by atoms with Crippen molar-refractivity contribution in [1.82, 2.24) is 5.32 Å². The lowest BCUT2D eigenvalue weighted by Crippen LogP contribution is -2.46. The van der Waals surface area contributed by atoms with Crippen molar-refractivity contribution in [3.8, 4) is 0 Å². The van der Waals surface area contributed by atoms with Crippen LogP contribution in [0.1, 0.15) is 290 Å². The van der Waals surface area contributed by atoms with Crippen LogP contribution in [0.3, 0.4) is 0 Å². The quantitative estimate of drug-likeness (QED) is 0.0245. The van der Waals surface area contributed by atoms with Crippen LogP contribution in [0.4, 0.5) is 0 Å². The van der Waals surface area contributed by atoms with E-state index >= 15 is 0 Å². The van der Waals surface area contributed by atoms with Gasteiger partial charge in [0, 0.05) is 6.42 Å². The average Bonchev–Trinajstić information content (AvgIpc) is 3.30. The second-order valence-corrected chi connectivity index (χ2v) is 19.4. The third-order valence-corrected chi connectivity index (χ3v) is 12.9. The van der Waals surface area contributed by atoms with Crippen LogP contribution in [0.25, 0.3) is 0 Å². The van der Waals surface area contributed by atoms with Crippen molar-refractivity contribution in [2.75, 3.05) is 6.61 Å². The van der Waals surface area contributed by atoms with Gasteiger partial charge in [-0.3, -0.25) is 9.59 Å². The van der Waals surface area contributed by atoms with Gasteiger partial charge >= 0.3 is 5.97 Å². The van der Waals surface area contributed by atoms with E-state index in [1.807, 2.05) is 0 Å². The lowest BCUT2D eigenvalue weighted by Gasteiger charge is -2.24.